The second-order valence-electron chi connectivity index (χ2n) is 5.54. The molecule has 0 atom stereocenters. The molecule has 0 radical (unpaired) electrons. The van der Waals surface area contributed by atoms with Crippen molar-refractivity contribution in [3.63, 3.8) is 0 Å². The predicted octanol–water partition coefficient (Wildman–Crippen LogP) is 1.47. The summed E-state index contributed by atoms with van der Waals surface area (Å²) in [6.07, 6.45) is 1.79. The lowest BCUT2D eigenvalue weighted by Crippen LogP contribution is -2.46. The third kappa shape index (κ3) is 3.52. The smallest absolute Gasteiger partial charge is 0.274 e. The summed E-state index contributed by atoms with van der Waals surface area (Å²) < 4.78 is 0. The molecule has 2 aromatic rings. The van der Waals surface area contributed by atoms with Crippen LogP contribution in [0, 0.1) is 10.1 Å². The van der Waals surface area contributed by atoms with Gasteiger partial charge >= 0.3 is 0 Å². The van der Waals surface area contributed by atoms with Crippen molar-refractivity contribution in [2.24, 2.45) is 5.73 Å². The van der Waals surface area contributed by atoms with Crippen LogP contribution in [0.2, 0.25) is 0 Å². The summed E-state index contributed by atoms with van der Waals surface area (Å²) in [5.41, 5.74) is 5.88. The molecule has 1 aromatic heterocycles. The first kappa shape index (κ1) is 16.3. The number of carbonyl (C=O) groups excluding carboxylic acids is 1. The lowest BCUT2D eigenvalue weighted by Gasteiger charge is -2.34. The molecule has 0 aliphatic carbocycles. The van der Waals surface area contributed by atoms with E-state index in [0.29, 0.717) is 12.1 Å². The number of hydrogen-bond acceptors (Lipinski definition) is 7. The summed E-state index contributed by atoms with van der Waals surface area (Å²) in [7, 11) is 0. The van der Waals surface area contributed by atoms with Crippen LogP contribution in [0.15, 0.2) is 29.8 Å². The van der Waals surface area contributed by atoms with Gasteiger partial charge in [0, 0.05) is 61.5 Å². The predicted molar refractivity (Wildman–Crippen MR) is 91.2 cm³/mol. The molecule has 126 valence electrons. The van der Waals surface area contributed by atoms with Crippen LogP contribution in [-0.4, -0.2) is 46.9 Å². The van der Waals surface area contributed by atoms with Crippen LogP contribution in [0.1, 0.15) is 15.9 Å². The van der Waals surface area contributed by atoms with Gasteiger partial charge < -0.3 is 10.6 Å². The maximum absolute atomic E-state index is 11.3. The molecule has 0 saturated carbocycles. The van der Waals surface area contributed by atoms with Crippen molar-refractivity contribution in [3.05, 3.63) is 51.0 Å². The van der Waals surface area contributed by atoms with E-state index in [0.717, 1.165) is 31.3 Å². The number of primary amides is 1. The highest BCUT2D eigenvalue weighted by Crippen LogP contribution is 2.24. The fourth-order valence-corrected chi connectivity index (χ4v) is 3.43. The second kappa shape index (κ2) is 6.93. The third-order valence-corrected chi connectivity index (χ3v) is 4.85. The molecule has 8 nitrogen and oxygen atoms in total. The lowest BCUT2D eigenvalue weighted by atomic mass is 10.1. The number of hydrogen-bond donors (Lipinski definition) is 1. The second-order valence-corrected chi connectivity index (χ2v) is 6.42. The maximum Gasteiger partial charge on any atom is 0.274 e. The fourth-order valence-electron chi connectivity index (χ4n) is 2.73. The van der Waals surface area contributed by atoms with Crippen LogP contribution in [0.3, 0.4) is 0 Å². The van der Waals surface area contributed by atoms with Crippen molar-refractivity contribution in [2.75, 3.05) is 31.1 Å². The first-order chi connectivity index (χ1) is 11.5. The molecule has 2 heterocycles. The van der Waals surface area contributed by atoms with Gasteiger partial charge in [-0.15, -0.1) is 11.3 Å². The number of nitrogens with two attached hydrogens (primary N) is 1. The number of aromatic nitrogens is 1. The summed E-state index contributed by atoms with van der Waals surface area (Å²) in [6, 6.07) is 4.41. The van der Waals surface area contributed by atoms with Crippen LogP contribution in [-0.2, 0) is 6.54 Å². The van der Waals surface area contributed by atoms with Gasteiger partial charge in [0.25, 0.3) is 5.69 Å². The molecule has 1 aliphatic heterocycles. The molecule has 1 aromatic carbocycles. The van der Waals surface area contributed by atoms with Crippen molar-refractivity contribution < 1.29 is 9.72 Å². The number of nitrogens with zero attached hydrogens (tertiary/aromatic N) is 4. The van der Waals surface area contributed by atoms with E-state index >= 15 is 0 Å². The minimum absolute atomic E-state index is 0.0614. The van der Waals surface area contributed by atoms with Crippen LogP contribution < -0.4 is 10.6 Å². The topological polar surface area (TPSA) is 106 Å². The number of benzene rings is 1. The fraction of sp³-hybridized carbons (Fsp3) is 0.333. The number of amides is 1. The first-order valence-electron chi connectivity index (χ1n) is 7.48. The van der Waals surface area contributed by atoms with Crippen molar-refractivity contribution in [1.29, 1.82) is 0 Å². The molecular formula is C15H17N5O3S. The van der Waals surface area contributed by atoms with Crippen LogP contribution in [0.4, 0.5) is 10.8 Å². The Morgan fingerprint density at radius 2 is 2.08 bits per heavy atom. The highest BCUT2D eigenvalue weighted by molar-refractivity contribution is 7.13. The monoisotopic (exact) mass is 347 g/mol. The zero-order valence-corrected chi connectivity index (χ0v) is 13.7. The van der Waals surface area contributed by atoms with Crippen LogP contribution in [0.25, 0.3) is 0 Å². The summed E-state index contributed by atoms with van der Waals surface area (Å²) in [5, 5.41) is 14.2. The molecule has 1 amide bonds. The van der Waals surface area contributed by atoms with E-state index in [1.165, 1.54) is 12.1 Å². The Labute approximate surface area is 142 Å². The number of thiazole rings is 1. The molecule has 24 heavy (non-hydrogen) atoms. The van der Waals surface area contributed by atoms with E-state index in [-0.39, 0.29) is 11.3 Å². The lowest BCUT2D eigenvalue weighted by molar-refractivity contribution is -0.385. The van der Waals surface area contributed by atoms with E-state index in [1.54, 1.807) is 23.6 Å². The molecule has 1 saturated heterocycles. The molecular weight excluding hydrogens is 330 g/mol. The Bertz CT molecular complexity index is 742. The molecule has 2 N–H and O–H groups in total. The number of anilines is 1. The van der Waals surface area contributed by atoms with Gasteiger partial charge in [0.1, 0.15) is 0 Å². The van der Waals surface area contributed by atoms with Gasteiger partial charge in [0.2, 0.25) is 5.91 Å². The van der Waals surface area contributed by atoms with E-state index in [4.69, 9.17) is 5.73 Å². The Hall–Kier alpha value is -2.52. The summed E-state index contributed by atoms with van der Waals surface area (Å²) in [6.45, 7) is 3.74. The molecule has 0 spiro atoms. The van der Waals surface area contributed by atoms with E-state index in [9.17, 15) is 14.9 Å². The average Bonchev–Trinajstić information content (AvgIpc) is 3.10. The van der Waals surface area contributed by atoms with Gasteiger partial charge in [-0.1, -0.05) is 6.07 Å². The summed E-state index contributed by atoms with van der Waals surface area (Å²) in [5.74, 6) is -0.665. The summed E-state index contributed by atoms with van der Waals surface area (Å²) in [4.78, 5) is 30.7. The first-order valence-corrected chi connectivity index (χ1v) is 8.36. The van der Waals surface area contributed by atoms with E-state index in [1.807, 2.05) is 5.38 Å². The molecule has 1 aliphatic rings. The van der Waals surface area contributed by atoms with Crippen LogP contribution in [0.5, 0.6) is 0 Å². The maximum atomic E-state index is 11.3. The number of carbonyl (C=O) groups is 1. The number of rotatable bonds is 5. The molecule has 1 fully saturated rings. The average molecular weight is 347 g/mol. The zero-order chi connectivity index (χ0) is 17.1. The Morgan fingerprint density at radius 1 is 1.33 bits per heavy atom. The Morgan fingerprint density at radius 3 is 2.67 bits per heavy atom. The quantitative estimate of drug-likeness (QED) is 0.648. The number of nitro groups is 1. The minimum Gasteiger partial charge on any atom is -0.366 e. The van der Waals surface area contributed by atoms with Gasteiger partial charge in [-0.2, -0.15) is 0 Å². The highest BCUT2D eigenvalue weighted by atomic mass is 32.1. The van der Waals surface area contributed by atoms with Crippen molar-refractivity contribution in [3.8, 4) is 0 Å². The zero-order valence-electron chi connectivity index (χ0n) is 12.9. The standard InChI is InChI=1S/C15H17N5O3S/c16-14(21)11-1-2-12(13(9-11)20(22)23)10-18-4-6-19(7-5-18)15-17-3-8-24-15/h1-3,8-9H,4-7,10H2,(H2,16,21). The van der Waals surface area contributed by atoms with Gasteiger partial charge in [-0.05, 0) is 6.07 Å². The van der Waals surface area contributed by atoms with Crippen LogP contribution >= 0.6 is 11.3 Å². The van der Waals surface area contributed by atoms with Gasteiger partial charge in [0.05, 0.1) is 4.92 Å². The third-order valence-electron chi connectivity index (χ3n) is 4.02. The van der Waals surface area contributed by atoms with Gasteiger partial charge in [-0.3, -0.25) is 19.8 Å². The SMILES string of the molecule is NC(=O)c1ccc(CN2CCN(c3nccs3)CC2)c([N+](=O)[O-])c1. The normalized spacial score (nSPS) is 15.4. The van der Waals surface area contributed by atoms with Crippen molar-refractivity contribution in [1.82, 2.24) is 9.88 Å². The molecule has 0 unspecified atom stereocenters. The van der Waals surface area contributed by atoms with E-state index < -0.39 is 10.8 Å². The minimum atomic E-state index is -0.665. The van der Waals surface area contributed by atoms with Gasteiger partial charge in [0.15, 0.2) is 5.13 Å². The highest BCUT2D eigenvalue weighted by Gasteiger charge is 2.22. The van der Waals surface area contributed by atoms with Crippen molar-refractivity contribution in [2.45, 2.75) is 6.54 Å². The Kier molecular flexibility index (Phi) is 4.72. The Balaban J connectivity index is 1.68. The van der Waals surface area contributed by atoms with Crippen molar-refractivity contribution >= 4 is 28.1 Å². The molecule has 9 heteroatoms. The molecule has 3 rings (SSSR count). The number of nitro benzene ring substituents is 1. The molecule has 0 bridgehead atoms. The largest absolute Gasteiger partial charge is 0.366 e. The van der Waals surface area contributed by atoms with Gasteiger partial charge in [-0.25, -0.2) is 4.98 Å². The summed E-state index contributed by atoms with van der Waals surface area (Å²) >= 11 is 1.61. The number of piperazine rings is 1. The van der Waals surface area contributed by atoms with E-state index in [2.05, 4.69) is 14.8 Å².